The number of H-pyrrole nitrogens is 1. The van der Waals surface area contributed by atoms with Crippen LogP contribution in [-0.4, -0.2) is 22.1 Å². The predicted molar refractivity (Wildman–Crippen MR) is 86.1 cm³/mol. The number of aromatic amines is 1. The van der Waals surface area contributed by atoms with Crippen LogP contribution in [-0.2, 0) is 11.3 Å². The van der Waals surface area contributed by atoms with Gasteiger partial charge in [0.15, 0.2) is 5.88 Å². The lowest BCUT2D eigenvalue weighted by atomic mass is 9.93. The van der Waals surface area contributed by atoms with Crippen LogP contribution in [0.1, 0.15) is 25.1 Å². The minimum Gasteiger partial charge on any atom is -0.483 e. The first-order valence-corrected chi connectivity index (χ1v) is 7.57. The van der Waals surface area contributed by atoms with Crippen LogP contribution in [0.25, 0.3) is 21.9 Å². The van der Waals surface area contributed by atoms with Crippen molar-refractivity contribution in [3.63, 3.8) is 0 Å². The number of benzene rings is 1. The van der Waals surface area contributed by atoms with E-state index in [1.165, 1.54) is 12.0 Å². The maximum absolute atomic E-state index is 5.43. The van der Waals surface area contributed by atoms with Crippen molar-refractivity contribution in [3.05, 3.63) is 47.7 Å². The van der Waals surface area contributed by atoms with Gasteiger partial charge in [0.25, 0.3) is 0 Å². The quantitative estimate of drug-likeness (QED) is 0.725. The molecule has 2 aromatic heterocycles. The third kappa shape index (κ3) is 2.19. The Hall–Kier alpha value is -2.56. The number of ether oxygens (including phenoxy) is 1. The molecule has 1 saturated carbocycles. The summed E-state index contributed by atoms with van der Waals surface area (Å²) in [5, 5.41) is 4.42. The molecule has 2 N–H and O–H groups in total. The average molecular weight is 294 g/mol. The number of nitrogens with one attached hydrogen (secondary N) is 2. The molecule has 1 fully saturated rings. The van der Waals surface area contributed by atoms with Crippen molar-refractivity contribution in [3.8, 4) is 0 Å². The third-order valence-electron chi connectivity index (χ3n) is 4.17. The maximum Gasteiger partial charge on any atom is 0.185 e. The Kier molecular flexibility index (Phi) is 3.18. The lowest BCUT2D eigenvalue weighted by Crippen LogP contribution is -2.19. The first-order chi connectivity index (χ1) is 10.8. The van der Waals surface area contributed by atoms with Gasteiger partial charge < -0.3 is 15.0 Å². The lowest BCUT2D eigenvalue weighted by Gasteiger charge is -2.21. The molecule has 1 aromatic carbocycles. The molecular weight excluding hydrogens is 276 g/mol. The Bertz CT molecular complexity index is 859. The maximum atomic E-state index is 5.43. The van der Waals surface area contributed by atoms with E-state index < -0.39 is 0 Å². The zero-order chi connectivity index (χ0) is 14.9. The van der Waals surface area contributed by atoms with E-state index >= 15 is 0 Å². The smallest absolute Gasteiger partial charge is 0.185 e. The number of hydrogen-bond acceptors (Lipinski definition) is 4. The van der Waals surface area contributed by atoms with Crippen LogP contribution in [0.2, 0.25) is 0 Å². The number of allylic oxidation sites excluding steroid dienone is 1. The van der Waals surface area contributed by atoms with Crippen molar-refractivity contribution in [2.24, 2.45) is 0 Å². The van der Waals surface area contributed by atoms with E-state index in [9.17, 15) is 0 Å². The fraction of sp³-hybridized carbons (Fsp3) is 0.294. The highest BCUT2D eigenvalue weighted by atomic mass is 16.5. The van der Waals surface area contributed by atoms with E-state index in [1.807, 2.05) is 24.4 Å². The largest absolute Gasteiger partial charge is 0.483 e. The Morgan fingerprint density at radius 1 is 1.32 bits per heavy atom. The Balaban J connectivity index is 1.64. The Morgan fingerprint density at radius 3 is 2.95 bits per heavy atom. The number of para-hydroxylation sites is 1. The van der Waals surface area contributed by atoms with E-state index in [0.717, 1.165) is 46.5 Å². The summed E-state index contributed by atoms with van der Waals surface area (Å²) in [6, 6.07) is 8.07. The molecule has 5 nitrogen and oxygen atoms in total. The average Bonchev–Trinajstić information content (AvgIpc) is 2.93. The van der Waals surface area contributed by atoms with Crippen molar-refractivity contribution >= 4 is 21.9 Å². The van der Waals surface area contributed by atoms with Crippen molar-refractivity contribution in [2.75, 3.05) is 7.11 Å². The molecule has 0 radical (unpaired) electrons. The van der Waals surface area contributed by atoms with Gasteiger partial charge in [-0.3, -0.25) is 4.98 Å². The molecule has 0 spiro atoms. The van der Waals surface area contributed by atoms with E-state index in [2.05, 4.69) is 21.4 Å². The Morgan fingerprint density at radius 2 is 2.18 bits per heavy atom. The van der Waals surface area contributed by atoms with Gasteiger partial charge in [0.1, 0.15) is 5.82 Å². The fourth-order valence-corrected chi connectivity index (χ4v) is 2.83. The molecule has 0 aliphatic heterocycles. The van der Waals surface area contributed by atoms with E-state index in [0.29, 0.717) is 6.54 Å². The van der Waals surface area contributed by atoms with Crippen molar-refractivity contribution in [2.45, 2.75) is 25.8 Å². The Labute approximate surface area is 128 Å². The molecule has 0 unspecified atom stereocenters. The number of imidazole rings is 1. The van der Waals surface area contributed by atoms with Crippen LogP contribution in [0.3, 0.4) is 0 Å². The molecule has 0 amide bonds. The first-order valence-electron chi connectivity index (χ1n) is 7.57. The standard InChI is InChI=1S/C17H18N4O/c1-22-17(11-5-4-6-11)19-10-15-20-14-9-18-13-8-3-2-7-12(13)16(14)21-15/h2-3,7-9,19H,4-6,10H2,1H3,(H,20,21). The predicted octanol–water partition coefficient (Wildman–Crippen LogP) is 3.24. The van der Waals surface area contributed by atoms with E-state index in [1.54, 1.807) is 7.11 Å². The van der Waals surface area contributed by atoms with Gasteiger partial charge in [0, 0.05) is 5.39 Å². The summed E-state index contributed by atoms with van der Waals surface area (Å²) in [6.07, 6.45) is 5.36. The molecular formula is C17H18N4O. The molecule has 4 rings (SSSR count). The van der Waals surface area contributed by atoms with Crippen LogP contribution < -0.4 is 5.32 Å². The van der Waals surface area contributed by atoms with Crippen LogP contribution >= 0.6 is 0 Å². The summed E-state index contributed by atoms with van der Waals surface area (Å²) in [6.45, 7) is 0.621. The molecule has 1 aliphatic rings. The van der Waals surface area contributed by atoms with Crippen molar-refractivity contribution in [1.29, 1.82) is 0 Å². The van der Waals surface area contributed by atoms with Crippen LogP contribution in [0.15, 0.2) is 41.9 Å². The first kappa shape index (κ1) is 13.1. The monoisotopic (exact) mass is 294 g/mol. The number of fused-ring (bicyclic) bond motifs is 3. The van der Waals surface area contributed by atoms with Gasteiger partial charge in [-0.2, -0.15) is 0 Å². The molecule has 2 heterocycles. The zero-order valence-electron chi connectivity index (χ0n) is 12.5. The van der Waals surface area contributed by atoms with Gasteiger partial charge in [0.2, 0.25) is 0 Å². The van der Waals surface area contributed by atoms with Gasteiger partial charge in [0.05, 0.1) is 36.4 Å². The van der Waals surface area contributed by atoms with Crippen molar-refractivity contribution < 1.29 is 4.74 Å². The van der Waals surface area contributed by atoms with E-state index in [-0.39, 0.29) is 0 Å². The highest BCUT2D eigenvalue weighted by Crippen LogP contribution is 2.28. The van der Waals surface area contributed by atoms with Crippen LogP contribution in [0.4, 0.5) is 0 Å². The molecule has 22 heavy (non-hydrogen) atoms. The summed E-state index contributed by atoms with van der Waals surface area (Å²) >= 11 is 0. The second kappa shape index (κ2) is 5.33. The highest BCUT2D eigenvalue weighted by Gasteiger charge is 2.15. The zero-order valence-corrected chi connectivity index (χ0v) is 12.5. The van der Waals surface area contributed by atoms with Gasteiger partial charge in [-0.05, 0) is 30.9 Å². The number of pyridine rings is 1. The van der Waals surface area contributed by atoms with Gasteiger partial charge in [-0.15, -0.1) is 0 Å². The van der Waals surface area contributed by atoms with Gasteiger partial charge >= 0.3 is 0 Å². The van der Waals surface area contributed by atoms with Gasteiger partial charge in [-0.25, -0.2) is 4.98 Å². The molecule has 3 aromatic rings. The molecule has 0 bridgehead atoms. The summed E-state index contributed by atoms with van der Waals surface area (Å²) in [5.41, 5.74) is 4.27. The fourth-order valence-electron chi connectivity index (χ4n) is 2.83. The normalized spacial score (nSPS) is 14.1. The number of nitrogens with zero attached hydrogens (tertiary/aromatic N) is 2. The number of aromatic nitrogens is 3. The summed E-state index contributed by atoms with van der Waals surface area (Å²) in [7, 11) is 1.71. The second-order valence-corrected chi connectivity index (χ2v) is 5.57. The number of methoxy groups -OCH3 is 1. The van der Waals surface area contributed by atoms with E-state index in [4.69, 9.17) is 9.72 Å². The summed E-state index contributed by atoms with van der Waals surface area (Å²) in [5.74, 6) is 1.79. The summed E-state index contributed by atoms with van der Waals surface area (Å²) < 4.78 is 5.43. The van der Waals surface area contributed by atoms with Gasteiger partial charge in [-0.1, -0.05) is 18.2 Å². The third-order valence-corrected chi connectivity index (χ3v) is 4.17. The SMILES string of the molecule is COC(NCc1nc2c(cnc3ccccc32)[nH]1)=C1CCC1. The van der Waals surface area contributed by atoms with Crippen molar-refractivity contribution in [1.82, 2.24) is 20.3 Å². The molecule has 112 valence electrons. The number of rotatable bonds is 4. The van der Waals surface area contributed by atoms with Crippen LogP contribution in [0.5, 0.6) is 0 Å². The van der Waals surface area contributed by atoms with Crippen LogP contribution in [0, 0.1) is 0 Å². The minimum absolute atomic E-state index is 0.621. The highest BCUT2D eigenvalue weighted by molar-refractivity contribution is 6.01. The lowest BCUT2D eigenvalue weighted by molar-refractivity contribution is 0.246. The molecule has 0 atom stereocenters. The minimum atomic E-state index is 0.621. The number of hydrogen-bond donors (Lipinski definition) is 2. The second-order valence-electron chi connectivity index (χ2n) is 5.57. The molecule has 0 saturated heterocycles. The molecule has 1 aliphatic carbocycles. The molecule has 5 heteroatoms. The summed E-state index contributed by atoms with van der Waals surface area (Å²) in [4.78, 5) is 12.5. The topological polar surface area (TPSA) is 62.8 Å².